The van der Waals surface area contributed by atoms with Crippen LogP contribution in [0.1, 0.15) is 10.5 Å². The zero-order chi connectivity index (χ0) is 13.3. The van der Waals surface area contributed by atoms with Gasteiger partial charge in [0, 0.05) is 11.5 Å². The van der Waals surface area contributed by atoms with Crippen molar-refractivity contribution in [2.75, 3.05) is 0 Å². The first-order chi connectivity index (χ1) is 8.43. The Kier molecular flexibility index (Phi) is 2.77. The van der Waals surface area contributed by atoms with Gasteiger partial charge < -0.3 is 9.72 Å². The van der Waals surface area contributed by atoms with E-state index < -0.39 is 12.1 Å². The molecule has 18 heavy (non-hydrogen) atoms. The number of nitrogens with one attached hydrogen (secondary N) is 1. The number of hydrogen-bond acceptors (Lipinski definition) is 4. The van der Waals surface area contributed by atoms with E-state index in [1.54, 1.807) is 0 Å². The third kappa shape index (κ3) is 2.31. The number of benzene rings is 1. The molecule has 0 saturated carbocycles. The van der Waals surface area contributed by atoms with Crippen LogP contribution in [-0.4, -0.2) is 17.6 Å². The van der Waals surface area contributed by atoms with Crippen molar-refractivity contribution >= 4 is 22.9 Å². The van der Waals surface area contributed by atoms with Crippen LogP contribution in [0.15, 0.2) is 23.4 Å². The minimum absolute atomic E-state index is 0.124. The number of nitroso groups, excluding NO2 is 1. The first-order valence-corrected chi connectivity index (χ1v) is 4.64. The summed E-state index contributed by atoms with van der Waals surface area (Å²) in [6.07, 6.45) is -4.39. The number of nitrogens with zero attached hydrogens (tertiary/aromatic N) is 1. The summed E-state index contributed by atoms with van der Waals surface area (Å²) in [5.41, 5.74) is 0.0422. The van der Waals surface area contributed by atoms with Gasteiger partial charge in [-0.3, -0.25) is 4.79 Å². The van der Waals surface area contributed by atoms with Crippen LogP contribution in [0.2, 0.25) is 0 Å². The third-order valence-electron chi connectivity index (χ3n) is 2.16. The van der Waals surface area contributed by atoms with Crippen LogP contribution in [0.5, 0.6) is 5.75 Å². The first-order valence-electron chi connectivity index (χ1n) is 4.64. The molecule has 0 fully saturated rings. The molecule has 2 aromatic rings. The van der Waals surface area contributed by atoms with Gasteiger partial charge >= 0.3 is 6.36 Å². The summed E-state index contributed by atoms with van der Waals surface area (Å²) in [6, 6.07) is 3.19. The fourth-order valence-electron chi connectivity index (χ4n) is 1.55. The summed E-state index contributed by atoms with van der Waals surface area (Å²) >= 11 is 0. The number of hydrogen-bond donors (Lipinski definition) is 1. The molecule has 0 radical (unpaired) electrons. The van der Waals surface area contributed by atoms with Gasteiger partial charge in [0.2, 0.25) is 0 Å². The van der Waals surface area contributed by atoms with Gasteiger partial charge in [-0.15, -0.1) is 18.1 Å². The van der Waals surface area contributed by atoms with E-state index in [-0.39, 0.29) is 22.3 Å². The number of carbonyl (C=O) groups excluding carboxylic acids is 1. The minimum Gasteiger partial charge on any atom is -0.406 e. The number of alkyl halides is 3. The molecule has 0 aliphatic carbocycles. The Balaban J connectivity index is 2.58. The molecule has 0 bridgehead atoms. The van der Waals surface area contributed by atoms with Crippen LogP contribution in [0.3, 0.4) is 0 Å². The Labute approximate surface area is 97.5 Å². The van der Waals surface area contributed by atoms with Crippen molar-refractivity contribution in [3.05, 3.63) is 28.8 Å². The average molecular weight is 258 g/mol. The van der Waals surface area contributed by atoms with Crippen molar-refractivity contribution in [2.45, 2.75) is 6.36 Å². The fraction of sp³-hybridized carbons (Fsp3) is 0.100. The second-order valence-corrected chi connectivity index (χ2v) is 3.39. The number of H-pyrrole nitrogens is 1. The number of aldehydes is 1. The Morgan fingerprint density at radius 3 is 2.56 bits per heavy atom. The highest BCUT2D eigenvalue weighted by molar-refractivity contribution is 5.95. The van der Waals surface area contributed by atoms with Gasteiger partial charge in [-0.25, -0.2) is 0 Å². The van der Waals surface area contributed by atoms with Crippen molar-refractivity contribution in [1.29, 1.82) is 0 Å². The molecule has 1 aromatic heterocycles. The van der Waals surface area contributed by atoms with Gasteiger partial charge in [-0.1, -0.05) is 0 Å². The number of halogens is 3. The van der Waals surface area contributed by atoms with Gasteiger partial charge in [0.15, 0.2) is 6.29 Å². The van der Waals surface area contributed by atoms with E-state index in [0.717, 1.165) is 12.1 Å². The van der Waals surface area contributed by atoms with Crippen LogP contribution in [0, 0.1) is 4.91 Å². The van der Waals surface area contributed by atoms with Crippen LogP contribution in [0.4, 0.5) is 18.9 Å². The Hall–Kier alpha value is -2.38. The monoisotopic (exact) mass is 258 g/mol. The zero-order valence-electron chi connectivity index (χ0n) is 8.62. The normalized spacial score (nSPS) is 11.5. The lowest BCUT2D eigenvalue weighted by atomic mass is 10.2. The molecular weight excluding hydrogens is 253 g/mol. The highest BCUT2D eigenvalue weighted by atomic mass is 19.4. The van der Waals surface area contributed by atoms with Crippen molar-refractivity contribution < 1.29 is 22.7 Å². The molecule has 0 spiro atoms. The van der Waals surface area contributed by atoms with E-state index in [4.69, 9.17) is 0 Å². The smallest absolute Gasteiger partial charge is 0.406 e. The summed E-state index contributed by atoms with van der Waals surface area (Å²) < 4.78 is 39.9. The average Bonchev–Trinajstić information content (AvgIpc) is 2.68. The molecule has 0 aliphatic rings. The molecule has 2 rings (SSSR count). The van der Waals surface area contributed by atoms with Crippen molar-refractivity contribution in [3.63, 3.8) is 0 Å². The summed E-state index contributed by atoms with van der Waals surface area (Å²) in [4.78, 5) is 23.6. The molecule has 1 heterocycles. The van der Waals surface area contributed by atoms with E-state index in [0.29, 0.717) is 6.29 Å². The first kappa shape index (κ1) is 12.1. The maximum atomic E-state index is 12.1. The lowest BCUT2D eigenvalue weighted by Gasteiger charge is -2.08. The molecule has 94 valence electrons. The molecule has 5 nitrogen and oxygen atoms in total. The maximum Gasteiger partial charge on any atom is 0.573 e. The second kappa shape index (κ2) is 4.13. The molecule has 0 saturated heterocycles. The molecule has 0 amide bonds. The molecule has 0 unspecified atom stereocenters. The Morgan fingerprint density at radius 1 is 1.28 bits per heavy atom. The Morgan fingerprint density at radius 2 is 2.00 bits per heavy atom. The summed E-state index contributed by atoms with van der Waals surface area (Å²) in [5, 5.41) is 2.82. The Bertz CT molecular complexity index is 619. The van der Waals surface area contributed by atoms with Crippen LogP contribution < -0.4 is 4.74 Å². The van der Waals surface area contributed by atoms with Crippen molar-refractivity contribution in [3.8, 4) is 5.75 Å². The van der Waals surface area contributed by atoms with E-state index >= 15 is 0 Å². The minimum atomic E-state index is -4.86. The standard InChI is InChI=1S/C10H5F3N2O3/c11-10(12,13)18-7-2-5-1-6(4-16)14-9(5)8(3-7)15-17/h1-4,14H. The summed E-state index contributed by atoms with van der Waals surface area (Å²) in [5.74, 6) is -0.568. The van der Waals surface area contributed by atoms with Gasteiger partial charge in [0.25, 0.3) is 0 Å². The quantitative estimate of drug-likeness (QED) is 0.678. The van der Waals surface area contributed by atoms with Crippen LogP contribution in [-0.2, 0) is 0 Å². The van der Waals surface area contributed by atoms with E-state index in [2.05, 4.69) is 14.9 Å². The maximum absolute atomic E-state index is 12.1. The third-order valence-corrected chi connectivity index (χ3v) is 2.16. The van der Waals surface area contributed by atoms with E-state index in [9.17, 15) is 22.9 Å². The van der Waals surface area contributed by atoms with Crippen molar-refractivity contribution in [1.82, 2.24) is 4.98 Å². The molecule has 1 aromatic carbocycles. The van der Waals surface area contributed by atoms with Gasteiger partial charge in [-0.05, 0) is 17.3 Å². The van der Waals surface area contributed by atoms with Gasteiger partial charge in [0.1, 0.15) is 11.4 Å². The van der Waals surface area contributed by atoms with E-state index in [1.165, 1.54) is 6.07 Å². The topological polar surface area (TPSA) is 71.5 Å². The number of aromatic amines is 1. The zero-order valence-corrected chi connectivity index (χ0v) is 8.62. The van der Waals surface area contributed by atoms with Crippen LogP contribution in [0.25, 0.3) is 10.9 Å². The second-order valence-electron chi connectivity index (χ2n) is 3.39. The lowest BCUT2D eigenvalue weighted by Crippen LogP contribution is -2.16. The van der Waals surface area contributed by atoms with Crippen LogP contribution >= 0.6 is 0 Å². The van der Waals surface area contributed by atoms with Gasteiger partial charge in [0.05, 0.1) is 11.2 Å². The summed E-state index contributed by atoms with van der Waals surface area (Å²) in [6.45, 7) is 0. The number of carbonyl (C=O) groups is 1. The number of aromatic nitrogens is 1. The lowest BCUT2D eigenvalue weighted by molar-refractivity contribution is -0.274. The number of ether oxygens (including phenoxy) is 1. The van der Waals surface area contributed by atoms with E-state index in [1.807, 2.05) is 0 Å². The van der Waals surface area contributed by atoms with Crippen molar-refractivity contribution in [2.24, 2.45) is 5.18 Å². The highest BCUT2D eigenvalue weighted by Crippen LogP contribution is 2.33. The molecule has 1 N–H and O–H groups in total. The highest BCUT2D eigenvalue weighted by Gasteiger charge is 2.31. The largest absolute Gasteiger partial charge is 0.573 e. The molecule has 8 heteroatoms. The SMILES string of the molecule is O=Cc1cc2cc(OC(F)(F)F)cc(N=O)c2[nH]1. The number of fused-ring (bicyclic) bond motifs is 1. The van der Waals surface area contributed by atoms with Gasteiger partial charge in [-0.2, -0.15) is 0 Å². The molecule has 0 aliphatic heterocycles. The fourth-order valence-corrected chi connectivity index (χ4v) is 1.55. The predicted octanol–water partition coefficient (Wildman–Crippen LogP) is 3.28. The molecule has 0 atom stereocenters. The number of rotatable bonds is 3. The summed E-state index contributed by atoms with van der Waals surface area (Å²) in [7, 11) is 0. The predicted molar refractivity (Wildman–Crippen MR) is 55.8 cm³/mol. The molecular formula is C10H5F3N2O3.